The molecule has 118 valence electrons. The Morgan fingerprint density at radius 1 is 1.14 bits per heavy atom. The number of carbonyl (C=O) groups excluding carboxylic acids is 1. The molecule has 0 spiro atoms. The molecular weight excluding hydrogens is 281 g/mol. The fraction of sp³-hybridized carbons (Fsp3) is 0.533. The lowest BCUT2D eigenvalue weighted by Gasteiger charge is -2.15. The third-order valence-corrected chi connectivity index (χ3v) is 3.01. The maximum Gasteiger partial charge on any atom is 0.416 e. The van der Waals surface area contributed by atoms with E-state index in [-0.39, 0.29) is 18.5 Å². The van der Waals surface area contributed by atoms with E-state index in [1.54, 1.807) is 6.92 Å². The first-order chi connectivity index (χ1) is 9.70. The van der Waals surface area contributed by atoms with Crippen LogP contribution in [0.2, 0.25) is 0 Å². The molecule has 0 aliphatic heterocycles. The van der Waals surface area contributed by atoms with Crippen molar-refractivity contribution >= 4 is 5.91 Å². The molecule has 0 saturated heterocycles. The van der Waals surface area contributed by atoms with E-state index < -0.39 is 11.7 Å². The summed E-state index contributed by atoms with van der Waals surface area (Å²) >= 11 is 0. The molecule has 0 aliphatic rings. The molecule has 1 rings (SSSR count). The summed E-state index contributed by atoms with van der Waals surface area (Å²) in [6, 6.07) is 4.75. The van der Waals surface area contributed by atoms with E-state index in [9.17, 15) is 18.0 Å². The van der Waals surface area contributed by atoms with E-state index in [0.29, 0.717) is 18.0 Å². The Bertz CT molecular complexity index is 455. The number of rotatable bonds is 6. The number of benzene rings is 1. The van der Waals surface area contributed by atoms with Crippen molar-refractivity contribution in [1.82, 2.24) is 10.6 Å². The highest BCUT2D eigenvalue weighted by Gasteiger charge is 2.30. The van der Waals surface area contributed by atoms with Crippen molar-refractivity contribution in [3.63, 3.8) is 0 Å². The van der Waals surface area contributed by atoms with Crippen LogP contribution < -0.4 is 10.6 Å². The number of carbonyl (C=O) groups is 1. The van der Waals surface area contributed by atoms with Gasteiger partial charge in [0.1, 0.15) is 0 Å². The summed E-state index contributed by atoms with van der Waals surface area (Å²) < 4.78 is 37.4. The lowest BCUT2D eigenvalue weighted by molar-refractivity contribution is -0.137. The van der Waals surface area contributed by atoms with Gasteiger partial charge in [-0.2, -0.15) is 13.2 Å². The van der Waals surface area contributed by atoms with Gasteiger partial charge in [0, 0.05) is 12.6 Å². The average Bonchev–Trinajstić information content (AvgIpc) is 2.41. The highest BCUT2D eigenvalue weighted by molar-refractivity contribution is 5.78. The van der Waals surface area contributed by atoms with Crippen LogP contribution in [0, 0.1) is 5.92 Å². The van der Waals surface area contributed by atoms with Gasteiger partial charge in [-0.15, -0.1) is 0 Å². The van der Waals surface area contributed by atoms with E-state index >= 15 is 0 Å². The van der Waals surface area contributed by atoms with Crippen LogP contribution in [0.4, 0.5) is 13.2 Å². The van der Waals surface area contributed by atoms with Gasteiger partial charge in [-0.1, -0.05) is 26.0 Å². The van der Waals surface area contributed by atoms with Gasteiger partial charge in [0.25, 0.3) is 0 Å². The number of halogens is 3. The molecule has 1 unspecified atom stereocenters. The molecule has 1 atom stereocenters. The van der Waals surface area contributed by atoms with Gasteiger partial charge in [0.15, 0.2) is 0 Å². The molecular formula is C15H21F3N2O. The van der Waals surface area contributed by atoms with Crippen molar-refractivity contribution in [1.29, 1.82) is 0 Å². The first kappa shape index (κ1) is 17.5. The first-order valence-electron chi connectivity index (χ1n) is 6.87. The molecule has 0 fully saturated rings. The fourth-order valence-electron chi connectivity index (χ4n) is 1.70. The second-order valence-corrected chi connectivity index (χ2v) is 5.42. The van der Waals surface area contributed by atoms with Gasteiger partial charge in [0.2, 0.25) is 5.91 Å². The molecule has 0 aromatic heterocycles. The predicted molar refractivity (Wildman–Crippen MR) is 75.7 cm³/mol. The van der Waals surface area contributed by atoms with Crippen LogP contribution in [-0.2, 0) is 11.0 Å². The minimum Gasteiger partial charge on any atom is -0.355 e. The summed E-state index contributed by atoms with van der Waals surface area (Å²) in [4.78, 5) is 11.5. The van der Waals surface area contributed by atoms with Gasteiger partial charge in [0.05, 0.1) is 12.1 Å². The Hall–Kier alpha value is -1.56. The van der Waals surface area contributed by atoms with E-state index in [2.05, 4.69) is 10.6 Å². The Labute approximate surface area is 122 Å². The molecule has 0 heterocycles. The molecule has 0 aliphatic carbocycles. The largest absolute Gasteiger partial charge is 0.416 e. The normalized spacial score (nSPS) is 13.3. The van der Waals surface area contributed by atoms with Crippen LogP contribution in [0.15, 0.2) is 24.3 Å². The zero-order valence-electron chi connectivity index (χ0n) is 12.4. The van der Waals surface area contributed by atoms with E-state index in [1.807, 2.05) is 13.8 Å². The molecule has 2 N–H and O–H groups in total. The zero-order chi connectivity index (χ0) is 16.0. The Morgan fingerprint density at radius 3 is 2.19 bits per heavy atom. The molecule has 3 nitrogen and oxygen atoms in total. The van der Waals surface area contributed by atoms with E-state index in [0.717, 1.165) is 12.1 Å². The van der Waals surface area contributed by atoms with Crippen molar-refractivity contribution in [2.24, 2.45) is 5.92 Å². The number of hydrogen-bond acceptors (Lipinski definition) is 2. The van der Waals surface area contributed by atoms with Crippen molar-refractivity contribution in [3.05, 3.63) is 35.4 Å². The average molecular weight is 302 g/mol. The van der Waals surface area contributed by atoms with Gasteiger partial charge in [-0.3, -0.25) is 4.79 Å². The summed E-state index contributed by atoms with van der Waals surface area (Å²) in [5.74, 6) is 0.253. The van der Waals surface area contributed by atoms with Crippen LogP contribution in [-0.4, -0.2) is 19.0 Å². The van der Waals surface area contributed by atoms with E-state index in [4.69, 9.17) is 0 Å². The summed E-state index contributed by atoms with van der Waals surface area (Å²) in [5.41, 5.74) is 0.0350. The maximum absolute atomic E-state index is 12.5. The topological polar surface area (TPSA) is 41.1 Å². The summed E-state index contributed by atoms with van der Waals surface area (Å²) in [7, 11) is 0. The smallest absolute Gasteiger partial charge is 0.355 e. The first-order valence-corrected chi connectivity index (χ1v) is 6.87. The second-order valence-electron chi connectivity index (χ2n) is 5.42. The van der Waals surface area contributed by atoms with Crippen LogP contribution in [0.1, 0.15) is 37.9 Å². The van der Waals surface area contributed by atoms with Crippen molar-refractivity contribution < 1.29 is 18.0 Å². The Kier molecular flexibility index (Phi) is 6.20. The lowest BCUT2D eigenvalue weighted by atomic mass is 10.1. The maximum atomic E-state index is 12.5. The van der Waals surface area contributed by atoms with Gasteiger partial charge in [-0.25, -0.2) is 0 Å². The van der Waals surface area contributed by atoms with Gasteiger partial charge in [-0.05, 0) is 30.5 Å². The third-order valence-electron chi connectivity index (χ3n) is 3.01. The van der Waals surface area contributed by atoms with Gasteiger partial charge >= 0.3 is 6.18 Å². The number of alkyl halides is 3. The quantitative estimate of drug-likeness (QED) is 0.847. The van der Waals surface area contributed by atoms with Crippen LogP contribution >= 0.6 is 0 Å². The third kappa shape index (κ3) is 6.16. The minimum absolute atomic E-state index is 0.123. The lowest BCUT2D eigenvalue weighted by Crippen LogP contribution is -2.36. The van der Waals surface area contributed by atoms with Crippen molar-refractivity contribution in [2.75, 3.05) is 13.1 Å². The Morgan fingerprint density at radius 2 is 1.71 bits per heavy atom. The summed E-state index contributed by atoms with van der Waals surface area (Å²) in [6.07, 6.45) is -4.33. The summed E-state index contributed by atoms with van der Waals surface area (Å²) in [6.45, 7) is 6.54. The number of amides is 1. The molecule has 0 bridgehead atoms. The van der Waals surface area contributed by atoms with E-state index in [1.165, 1.54) is 12.1 Å². The highest BCUT2D eigenvalue weighted by Crippen LogP contribution is 2.29. The monoisotopic (exact) mass is 302 g/mol. The minimum atomic E-state index is -4.33. The van der Waals surface area contributed by atoms with Crippen molar-refractivity contribution in [3.8, 4) is 0 Å². The molecule has 0 saturated carbocycles. The predicted octanol–water partition coefficient (Wildman–Crippen LogP) is 3.13. The molecule has 1 aromatic rings. The standard InChI is InChI=1S/C15H21F3N2O/c1-10(2)8-20-14(21)9-19-11(3)12-4-6-13(7-5-12)15(16,17)18/h4-7,10-11,19H,8-9H2,1-3H3,(H,20,21). The molecule has 1 amide bonds. The SMILES string of the molecule is CC(C)CNC(=O)CNC(C)c1ccc(C(F)(F)F)cc1. The zero-order valence-corrected chi connectivity index (χ0v) is 12.4. The van der Waals surface area contributed by atoms with Crippen LogP contribution in [0.3, 0.4) is 0 Å². The van der Waals surface area contributed by atoms with Crippen molar-refractivity contribution in [2.45, 2.75) is 33.0 Å². The Balaban J connectivity index is 2.49. The second kappa shape index (κ2) is 7.45. The van der Waals surface area contributed by atoms with Crippen LogP contribution in [0.5, 0.6) is 0 Å². The number of hydrogen-bond donors (Lipinski definition) is 2. The summed E-state index contributed by atoms with van der Waals surface area (Å²) in [5, 5.41) is 5.76. The fourth-order valence-corrected chi connectivity index (χ4v) is 1.70. The van der Waals surface area contributed by atoms with Crippen LogP contribution in [0.25, 0.3) is 0 Å². The van der Waals surface area contributed by atoms with Gasteiger partial charge < -0.3 is 10.6 Å². The molecule has 21 heavy (non-hydrogen) atoms. The highest BCUT2D eigenvalue weighted by atomic mass is 19.4. The number of nitrogens with one attached hydrogen (secondary N) is 2. The molecule has 1 aromatic carbocycles. The molecule has 0 radical (unpaired) electrons. The molecule has 6 heteroatoms.